The molecule has 0 fully saturated rings. The van der Waals surface area contributed by atoms with Gasteiger partial charge in [-0.2, -0.15) is 0 Å². The van der Waals surface area contributed by atoms with Crippen LogP contribution in [0.4, 0.5) is 10.1 Å². The highest BCUT2D eigenvalue weighted by atomic mass is 19.1. The molecule has 1 aliphatic rings. The van der Waals surface area contributed by atoms with Crippen LogP contribution in [0.5, 0.6) is 0 Å². The molecule has 2 aromatic rings. The quantitative estimate of drug-likeness (QED) is 0.942. The number of anilines is 1. The van der Waals surface area contributed by atoms with Crippen molar-refractivity contribution in [1.82, 2.24) is 5.32 Å². The molecule has 5 heteroatoms. The molecule has 0 aliphatic carbocycles. The van der Waals surface area contributed by atoms with E-state index in [1.165, 1.54) is 24.3 Å². The second-order valence-corrected chi connectivity index (χ2v) is 6.15. The van der Waals surface area contributed by atoms with Gasteiger partial charge in [-0.1, -0.05) is 6.07 Å². The summed E-state index contributed by atoms with van der Waals surface area (Å²) in [4.78, 5) is 26.7. The van der Waals surface area contributed by atoms with Crippen LogP contribution in [0.15, 0.2) is 42.5 Å². The van der Waals surface area contributed by atoms with Crippen molar-refractivity contribution in [3.8, 4) is 0 Å². The number of benzene rings is 2. The number of carbonyl (C=O) groups excluding carboxylic acids is 2. The summed E-state index contributed by atoms with van der Waals surface area (Å²) >= 11 is 0. The minimum absolute atomic E-state index is 0.0479. The molecule has 4 nitrogen and oxygen atoms in total. The summed E-state index contributed by atoms with van der Waals surface area (Å²) in [5.41, 5.74) is 2.67. The molecule has 0 bridgehead atoms. The zero-order valence-electron chi connectivity index (χ0n) is 13.7. The van der Waals surface area contributed by atoms with Gasteiger partial charge in [-0.05, 0) is 62.2 Å². The molecule has 0 saturated heterocycles. The Morgan fingerprint density at radius 3 is 2.50 bits per heavy atom. The first kappa shape index (κ1) is 16.2. The molecule has 124 valence electrons. The van der Waals surface area contributed by atoms with E-state index in [-0.39, 0.29) is 23.7 Å². The van der Waals surface area contributed by atoms with Crippen molar-refractivity contribution in [3.63, 3.8) is 0 Å². The van der Waals surface area contributed by atoms with Crippen LogP contribution in [-0.4, -0.2) is 24.4 Å². The van der Waals surface area contributed by atoms with E-state index in [4.69, 9.17) is 0 Å². The topological polar surface area (TPSA) is 49.4 Å². The molecule has 24 heavy (non-hydrogen) atoms. The van der Waals surface area contributed by atoms with Crippen LogP contribution in [0.2, 0.25) is 0 Å². The molecule has 0 aromatic heterocycles. The molecule has 0 unspecified atom stereocenters. The monoisotopic (exact) mass is 326 g/mol. The fraction of sp³-hybridized carbons (Fsp3) is 0.263. The molecule has 2 amide bonds. The van der Waals surface area contributed by atoms with Gasteiger partial charge in [-0.25, -0.2) is 4.39 Å². The van der Waals surface area contributed by atoms with Crippen LogP contribution >= 0.6 is 0 Å². The summed E-state index contributed by atoms with van der Waals surface area (Å²) in [7, 11) is 0. The Hall–Kier alpha value is -2.69. The summed E-state index contributed by atoms with van der Waals surface area (Å²) in [6.07, 6.45) is 0.629. The third-order valence-electron chi connectivity index (χ3n) is 4.03. The first-order valence-corrected chi connectivity index (χ1v) is 7.97. The number of amides is 2. The smallest absolute Gasteiger partial charge is 0.258 e. The molecule has 0 atom stereocenters. The molecular weight excluding hydrogens is 307 g/mol. The molecule has 0 spiro atoms. The number of carbonyl (C=O) groups is 2. The van der Waals surface area contributed by atoms with Gasteiger partial charge >= 0.3 is 0 Å². The average molecular weight is 326 g/mol. The summed E-state index contributed by atoms with van der Waals surface area (Å²) in [6, 6.07) is 11.0. The number of nitrogens with zero attached hydrogens (tertiary/aromatic N) is 1. The summed E-state index contributed by atoms with van der Waals surface area (Å²) in [6.45, 7) is 4.33. The molecule has 1 aliphatic heterocycles. The number of nitrogens with one attached hydrogen (secondary N) is 1. The lowest BCUT2D eigenvalue weighted by Crippen LogP contribution is -2.31. The van der Waals surface area contributed by atoms with E-state index in [9.17, 15) is 14.0 Å². The molecule has 0 radical (unpaired) electrons. The number of fused-ring (bicyclic) bond motifs is 1. The van der Waals surface area contributed by atoms with Crippen LogP contribution in [0, 0.1) is 5.82 Å². The van der Waals surface area contributed by atoms with Crippen LogP contribution < -0.4 is 10.2 Å². The van der Waals surface area contributed by atoms with E-state index in [1.54, 1.807) is 17.0 Å². The van der Waals surface area contributed by atoms with Crippen molar-refractivity contribution in [3.05, 3.63) is 65.0 Å². The maximum atomic E-state index is 13.0. The number of rotatable bonds is 3. The Morgan fingerprint density at radius 1 is 1.12 bits per heavy atom. The first-order valence-electron chi connectivity index (χ1n) is 7.97. The Bertz CT molecular complexity index is 784. The molecule has 0 saturated carbocycles. The second kappa shape index (κ2) is 6.43. The molecule has 1 heterocycles. The fourth-order valence-electron chi connectivity index (χ4n) is 2.95. The normalized spacial score (nSPS) is 13.1. The lowest BCUT2D eigenvalue weighted by atomic mass is 10.0. The van der Waals surface area contributed by atoms with Crippen molar-refractivity contribution in [1.29, 1.82) is 0 Å². The minimum Gasteiger partial charge on any atom is -0.350 e. The van der Waals surface area contributed by atoms with Crippen molar-refractivity contribution in [2.24, 2.45) is 0 Å². The maximum Gasteiger partial charge on any atom is 0.258 e. The Morgan fingerprint density at radius 2 is 1.83 bits per heavy atom. The number of halogens is 1. The Labute approximate surface area is 140 Å². The molecule has 2 aromatic carbocycles. The third kappa shape index (κ3) is 3.02. The standard InChI is InChI=1S/C19H19FN2O2/c1-12(2)21-18(23)16-4-3-5-17-15(16)10-11-22(17)19(24)13-6-8-14(20)9-7-13/h3-9,12H,10-11H2,1-2H3,(H,21,23). The molecule has 1 N–H and O–H groups in total. The highest BCUT2D eigenvalue weighted by Gasteiger charge is 2.28. The van der Waals surface area contributed by atoms with E-state index in [1.807, 2.05) is 19.9 Å². The predicted molar refractivity (Wildman–Crippen MR) is 90.8 cm³/mol. The Balaban J connectivity index is 1.91. The van der Waals surface area contributed by atoms with Crippen molar-refractivity contribution >= 4 is 17.5 Å². The second-order valence-electron chi connectivity index (χ2n) is 6.15. The van der Waals surface area contributed by atoms with E-state index in [2.05, 4.69) is 5.32 Å². The number of hydrogen-bond acceptors (Lipinski definition) is 2. The van der Waals surface area contributed by atoms with Gasteiger partial charge in [-0.15, -0.1) is 0 Å². The zero-order valence-corrected chi connectivity index (χ0v) is 13.7. The lowest BCUT2D eigenvalue weighted by molar-refractivity contribution is 0.0940. The van der Waals surface area contributed by atoms with E-state index < -0.39 is 0 Å². The van der Waals surface area contributed by atoms with Gasteiger partial charge in [-0.3, -0.25) is 9.59 Å². The van der Waals surface area contributed by atoms with Gasteiger partial charge in [0.2, 0.25) is 0 Å². The third-order valence-corrected chi connectivity index (χ3v) is 4.03. The van der Waals surface area contributed by atoms with Crippen molar-refractivity contribution in [2.75, 3.05) is 11.4 Å². The van der Waals surface area contributed by atoms with Gasteiger partial charge in [0.1, 0.15) is 5.82 Å². The van der Waals surface area contributed by atoms with Crippen LogP contribution in [-0.2, 0) is 6.42 Å². The van der Waals surface area contributed by atoms with E-state index >= 15 is 0 Å². The summed E-state index contributed by atoms with van der Waals surface area (Å²) in [5, 5.41) is 2.89. The highest BCUT2D eigenvalue weighted by molar-refractivity contribution is 6.08. The predicted octanol–water partition coefficient (Wildman–Crippen LogP) is 3.17. The first-order chi connectivity index (χ1) is 11.5. The lowest BCUT2D eigenvalue weighted by Gasteiger charge is -2.18. The minimum atomic E-state index is -0.374. The maximum absolute atomic E-state index is 13.0. The number of hydrogen-bond donors (Lipinski definition) is 1. The Kier molecular flexibility index (Phi) is 4.34. The van der Waals surface area contributed by atoms with Crippen molar-refractivity contribution < 1.29 is 14.0 Å². The van der Waals surface area contributed by atoms with Crippen LogP contribution in [0.25, 0.3) is 0 Å². The largest absolute Gasteiger partial charge is 0.350 e. The summed E-state index contributed by atoms with van der Waals surface area (Å²) in [5.74, 6) is -0.686. The van der Waals surface area contributed by atoms with Crippen molar-refractivity contribution in [2.45, 2.75) is 26.3 Å². The average Bonchev–Trinajstić information content (AvgIpc) is 2.98. The van der Waals surface area contributed by atoms with Gasteiger partial charge < -0.3 is 10.2 Å². The van der Waals surface area contributed by atoms with Gasteiger partial charge in [0, 0.05) is 29.4 Å². The van der Waals surface area contributed by atoms with Gasteiger partial charge in [0.05, 0.1) is 0 Å². The zero-order chi connectivity index (χ0) is 17.3. The SMILES string of the molecule is CC(C)NC(=O)c1cccc2c1CCN2C(=O)c1ccc(F)cc1. The fourth-order valence-corrected chi connectivity index (χ4v) is 2.95. The van der Waals surface area contributed by atoms with Crippen LogP contribution in [0.1, 0.15) is 40.1 Å². The van der Waals surface area contributed by atoms with Crippen LogP contribution in [0.3, 0.4) is 0 Å². The molecule has 3 rings (SSSR count). The van der Waals surface area contributed by atoms with Gasteiger partial charge in [0.25, 0.3) is 11.8 Å². The molecular formula is C19H19FN2O2. The van der Waals surface area contributed by atoms with E-state index in [0.717, 1.165) is 11.3 Å². The van der Waals surface area contributed by atoms with Gasteiger partial charge in [0.15, 0.2) is 0 Å². The highest BCUT2D eigenvalue weighted by Crippen LogP contribution is 2.32. The van der Waals surface area contributed by atoms with E-state index in [0.29, 0.717) is 24.1 Å². The summed E-state index contributed by atoms with van der Waals surface area (Å²) < 4.78 is 13.0.